The van der Waals surface area contributed by atoms with E-state index in [9.17, 15) is 9.59 Å². The molecule has 3 fully saturated rings. The van der Waals surface area contributed by atoms with E-state index in [4.69, 9.17) is 0 Å². The van der Waals surface area contributed by atoms with Crippen molar-refractivity contribution in [3.05, 3.63) is 0 Å². The van der Waals surface area contributed by atoms with E-state index in [1.165, 1.54) is 4.90 Å². The van der Waals surface area contributed by atoms with Crippen LogP contribution in [0.15, 0.2) is 0 Å². The number of carbonyl (C=O) groups excluding carboxylic acids is 2. The highest BCUT2D eigenvalue weighted by molar-refractivity contribution is 5.99. The van der Waals surface area contributed by atoms with Crippen molar-refractivity contribution in [2.45, 2.75) is 40.0 Å². The fraction of sp³-hybridized carbons (Fsp3) is 0.875. The number of hydrogen-bond acceptors (Lipinski definition) is 2. The number of carbonyl (C=O) groups is 2. The van der Waals surface area contributed by atoms with Gasteiger partial charge in [0.2, 0.25) is 5.91 Å². The number of amides is 1. The van der Waals surface area contributed by atoms with Crippen molar-refractivity contribution >= 4 is 11.7 Å². The first-order valence-electron chi connectivity index (χ1n) is 7.89. The molecule has 4 heteroatoms. The largest absolute Gasteiger partial charge is 0.334 e. The molecule has 1 amide bonds. The lowest BCUT2D eigenvalue weighted by atomic mass is 9.64. The number of rotatable bonds is 1. The Labute approximate surface area is 121 Å². The van der Waals surface area contributed by atoms with Gasteiger partial charge in [-0.1, -0.05) is 20.8 Å². The summed E-state index contributed by atoms with van der Waals surface area (Å²) in [5, 5.41) is 0. The van der Waals surface area contributed by atoms with Gasteiger partial charge in [0.1, 0.15) is 5.78 Å². The molecule has 2 bridgehead atoms. The Balaban J connectivity index is 1.90. The van der Waals surface area contributed by atoms with Crippen LogP contribution in [0.2, 0.25) is 0 Å². The molecule has 0 aromatic heterocycles. The van der Waals surface area contributed by atoms with Crippen molar-refractivity contribution in [3.8, 4) is 0 Å². The summed E-state index contributed by atoms with van der Waals surface area (Å²) < 4.78 is 0. The van der Waals surface area contributed by atoms with Crippen LogP contribution >= 0.6 is 0 Å². The van der Waals surface area contributed by atoms with Crippen LogP contribution in [-0.4, -0.2) is 49.8 Å². The molecular weight excluding hydrogens is 252 g/mol. The van der Waals surface area contributed by atoms with Gasteiger partial charge < -0.3 is 9.80 Å². The zero-order valence-electron chi connectivity index (χ0n) is 13.2. The number of quaternary nitrogens is 1. The van der Waals surface area contributed by atoms with E-state index in [1.807, 2.05) is 4.90 Å². The average Bonchev–Trinajstić information content (AvgIpc) is 2.69. The Morgan fingerprint density at radius 3 is 2.20 bits per heavy atom. The fourth-order valence-corrected chi connectivity index (χ4v) is 4.73. The molecule has 0 aromatic carbocycles. The molecule has 1 saturated heterocycles. The number of piperazine rings is 1. The minimum atomic E-state index is -0.427. The van der Waals surface area contributed by atoms with Gasteiger partial charge in [0.05, 0.1) is 38.6 Å². The smallest absolute Gasteiger partial charge is 0.230 e. The summed E-state index contributed by atoms with van der Waals surface area (Å²) in [6, 6.07) is 0. The van der Waals surface area contributed by atoms with Crippen LogP contribution in [0.5, 0.6) is 0 Å². The highest BCUT2D eigenvalue weighted by Crippen LogP contribution is 2.70. The molecule has 2 atom stereocenters. The molecule has 1 aliphatic heterocycles. The van der Waals surface area contributed by atoms with Crippen molar-refractivity contribution in [2.24, 2.45) is 16.2 Å². The zero-order chi connectivity index (χ0) is 14.8. The SMILES string of the molecule is C[NH+]1CCN(C(=O)[C@]23CC[C@@](C)(C(=O)C2)C3(C)C)CC1. The topological polar surface area (TPSA) is 41.8 Å². The molecule has 3 rings (SSSR count). The average molecular weight is 279 g/mol. The van der Waals surface area contributed by atoms with Gasteiger partial charge in [-0.3, -0.25) is 9.59 Å². The second-order valence-corrected chi connectivity index (χ2v) is 7.89. The number of fused-ring (bicyclic) bond motifs is 2. The van der Waals surface area contributed by atoms with Crippen LogP contribution in [0.4, 0.5) is 0 Å². The molecule has 0 radical (unpaired) electrons. The van der Waals surface area contributed by atoms with E-state index in [0.29, 0.717) is 12.2 Å². The van der Waals surface area contributed by atoms with Crippen molar-refractivity contribution in [3.63, 3.8) is 0 Å². The molecule has 112 valence electrons. The van der Waals surface area contributed by atoms with E-state index >= 15 is 0 Å². The molecule has 3 aliphatic rings. The molecule has 2 saturated carbocycles. The van der Waals surface area contributed by atoms with Crippen molar-refractivity contribution < 1.29 is 14.5 Å². The number of likely N-dealkylation sites (N-methyl/N-ethyl adjacent to an activating group) is 1. The fourth-order valence-electron chi connectivity index (χ4n) is 4.73. The lowest BCUT2D eigenvalue weighted by Gasteiger charge is -2.42. The third-order valence-electron chi connectivity index (χ3n) is 7.02. The van der Waals surface area contributed by atoms with E-state index in [0.717, 1.165) is 39.0 Å². The maximum Gasteiger partial charge on any atom is 0.230 e. The lowest BCUT2D eigenvalue weighted by Crippen LogP contribution is -3.12. The Morgan fingerprint density at radius 1 is 1.15 bits per heavy atom. The molecule has 20 heavy (non-hydrogen) atoms. The quantitative estimate of drug-likeness (QED) is 0.741. The maximum absolute atomic E-state index is 13.2. The summed E-state index contributed by atoms with van der Waals surface area (Å²) >= 11 is 0. The Bertz CT molecular complexity index is 465. The van der Waals surface area contributed by atoms with E-state index < -0.39 is 5.41 Å². The number of ketones is 1. The summed E-state index contributed by atoms with van der Waals surface area (Å²) in [4.78, 5) is 29.1. The lowest BCUT2D eigenvalue weighted by molar-refractivity contribution is -0.883. The summed E-state index contributed by atoms with van der Waals surface area (Å²) in [5.41, 5.74) is -0.922. The molecule has 1 heterocycles. The van der Waals surface area contributed by atoms with Gasteiger partial charge in [-0.2, -0.15) is 0 Å². The number of nitrogens with zero attached hydrogens (tertiary/aromatic N) is 1. The third kappa shape index (κ3) is 1.46. The summed E-state index contributed by atoms with van der Waals surface area (Å²) in [5.74, 6) is 0.562. The first-order chi connectivity index (χ1) is 9.24. The standard InChI is InChI=1S/C16H26N2O2/c1-14(2)15(3)5-6-16(14,11-12(15)19)13(20)18-9-7-17(4)8-10-18/h5-11H2,1-4H3/p+1/t15-,16-/m0/s1. The molecule has 0 unspecified atom stereocenters. The zero-order valence-corrected chi connectivity index (χ0v) is 13.2. The molecule has 1 N–H and O–H groups in total. The van der Waals surface area contributed by atoms with Gasteiger partial charge in [0.25, 0.3) is 0 Å². The van der Waals surface area contributed by atoms with Crippen molar-refractivity contribution in [1.82, 2.24) is 4.90 Å². The summed E-state index contributed by atoms with van der Waals surface area (Å²) in [6.45, 7) is 10.1. The van der Waals surface area contributed by atoms with Crippen LogP contribution in [0.25, 0.3) is 0 Å². The second-order valence-electron chi connectivity index (χ2n) is 7.89. The van der Waals surface area contributed by atoms with Crippen molar-refractivity contribution in [1.29, 1.82) is 0 Å². The van der Waals surface area contributed by atoms with Crippen molar-refractivity contribution in [2.75, 3.05) is 33.2 Å². The monoisotopic (exact) mass is 279 g/mol. The van der Waals surface area contributed by atoms with E-state index in [1.54, 1.807) is 0 Å². The normalized spacial score (nSPS) is 40.4. The summed E-state index contributed by atoms with van der Waals surface area (Å²) in [7, 11) is 2.18. The number of nitrogens with one attached hydrogen (secondary N) is 1. The Morgan fingerprint density at radius 2 is 1.75 bits per heavy atom. The molecule has 0 spiro atoms. The Kier molecular flexibility index (Phi) is 2.85. The molecule has 0 aromatic rings. The Hall–Kier alpha value is -0.900. The predicted molar refractivity (Wildman–Crippen MR) is 76.4 cm³/mol. The first-order valence-corrected chi connectivity index (χ1v) is 7.89. The maximum atomic E-state index is 13.2. The van der Waals surface area contributed by atoms with Gasteiger partial charge in [0.15, 0.2) is 0 Å². The molecule has 2 aliphatic carbocycles. The van der Waals surface area contributed by atoms with Gasteiger partial charge in [-0.15, -0.1) is 0 Å². The van der Waals surface area contributed by atoms with Gasteiger partial charge in [0, 0.05) is 11.8 Å². The van der Waals surface area contributed by atoms with Gasteiger partial charge >= 0.3 is 0 Å². The van der Waals surface area contributed by atoms with Crippen LogP contribution < -0.4 is 4.90 Å². The third-order valence-corrected chi connectivity index (χ3v) is 7.02. The van der Waals surface area contributed by atoms with Crippen LogP contribution in [0.3, 0.4) is 0 Å². The number of hydrogen-bond donors (Lipinski definition) is 1. The molecular formula is C16H27N2O2+. The highest BCUT2D eigenvalue weighted by Gasteiger charge is 2.73. The highest BCUT2D eigenvalue weighted by atomic mass is 16.2. The minimum Gasteiger partial charge on any atom is -0.334 e. The van der Waals surface area contributed by atoms with Crippen LogP contribution in [0.1, 0.15) is 40.0 Å². The minimum absolute atomic E-state index is 0.204. The van der Waals surface area contributed by atoms with Crippen LogP contribution in [-0.2, 0) is 9.59 Å². The number of Topliss-reactive ketones (excluding diaryl/α,β-unsaturated/α-hetero) is 1. The van der Waals surface area contributed by atoms with Gasteiger partial charge in [-0.25, -0.2) is 0 Å². The second kappa shape index (κ2) is 4.06. The first kappa shape index (κ1) is 14.1. The predicted octanol–water partition coefficient (Wildman–Crippen LogP) is 0.129. The van der Waals surface area contributed by atoms with E-state index in [2.05, 4.69) is 27.8 Å². The van der Waals surface area contributed by atoms with E-state index in [-0.39, 0.29) is 16.7 Å². The molecule has 4 nitrogen and oxygen atoms in total. The summed E-state index contributed by atoms with van der Waals surface area (Å²) in [6.07, 6.45) is 2.23. The van der Waals surface area contributed by atoms with Crippen LogP contribution in [0, 0.1) is 16.2 Å². The van der Waals surface area contributed by atoms with Gasteiger partial charge in [-0.05, 0) is 18.3 Å².